The number of carbonyl (C=O) groups is 3. The number of hydrogen-bond acceptors (Lipinski definition) is 4. The second-order valence-corrected chi connectivity index (χ2v) is 4.25. The maximum Gasteiger partial charge on any atom is 0.335 e. The number of nitrogens with zero attached hydrogens (tertiary/aromatic N) is 2. The van der Waals surface area contributed by atoms with Crippen LogP contribution in [0.25, 0.3) is 0 Å². The number of hydrogen-bond donors (Lipinski definition) is 1. The zero-order chi connectivity index (χ0) is 14.2. The van der Waals surface area contributed by atoms with Gasteiger partial charge in [-0.25, -0.2) is 9.69 Å². The fraction of sp³-hybridized carbons (Fsp3) is 0.154. The Balaban J connectivity index is 2.31. The Morgan fingerprint density at radius 2 is 1.74 bits per heavy atom. The molecule has 0 radical (unpaired) electrons. The molecule has 0 unspecified atom stereocenters. The van der Waals surface area contributed by atoms with Crippen molar-refractivity contribution in [2.75, 3.05) is 19.0 Å². The molecule has 0 saturated carbocycles. The topological polar surface area (TPSA) is 77.9 Å². The highest BCUT2D eigenvalue weighted by Crippen LogP contribution is 2.23. The van der Waals surface area contributed by atoms with Gasteiger partial charge in [-0.3, -0.25) is 9.59 Å². The van der Waals surface area contributed by atoms with Crippen LogP contribution in [0.2, 0.25) is 0 Å². The normalized spacial score (nSPS) is 14.6. The number of imide groups is 1. The number of likely N-dealkylation sites (N-methyl/N-ethyl adjacent to an activating group) is 1. The monoisotopic (exact) mass is 260 g/mol. The van der Waals surface area contributed by atoms with Crippen molar-refractivity contribution in [2.45, 2.75) is 0 Å². The minimum absolute atomic E-state index is 0.101. The van der Waals surface area contributed by atoms with Crippen LogP contribution in [0.15, 0.2) is 36.0 Å². The van der Waals surface area contributed by atoms with Gasteiger partial charge in [0.15, 0.2) is 0 Å². The molecule has 2 amide bonds. The molecule has 1 aliphatic rings. The highest BCUT2D eigenvalue weighted by Gasteiger charge is 2.33. The predicted molar refractivity (Wildman–Crippen MR) is 67.7 cm³/mol. The van der Waals surface area contributed by atoms with Crippen molar-refractivity contribution in [1.82, 2.24) is 4.90 Å². The van der Waals surface area contributed by atoms with Gasteiger partial charge in [-0.2, -0.15) is 0 Å². The third kappa shape index (κ3) is 2.20. The maximum absolute atomic E-state index is 12.1. The van der Waals surface area contributed by atoms with Crippen LogP contribution >= 0.6 is 0 Å². The molecule has 0 aliphatic carbocycles. The molecular formula is C13H12N2O4. The standard InChI is InChI=1S/C13H12N2O4/c1-14(2)10-7-11(16)15(12(10)17)9-5-3-8(4-6-9)13(18)19/h3-7H,1-2H3,(H,18,19). The Labute approximate surface area is 109 Å². The Kier molecular flexibility index (Phi) is 3.08. The van der Waals surface area contributed by atoms with Gasteiger partial charge >= 0.3 is 5.97 Å². The summed E-state index contributed by atoms with van der Waals surface area (Å²) in [6.07, 6.45) is 1.26. The molecule has 6 heteroatoms. The Bertz CT molecular complexity index is 587. The number of carbonyl (C=O) groups excluding carboxylic acids is 2. The summed E-state index contributed by atoms with van der Waals surface area (Å²) in [6, 6.07) is 5.58. The molecule has 0 aromatic heterocycles. The molecular weight excluding hydrogens is 248 g/mol. The summed E-state index contributed by atoms with van der Waals surface area (Å²) in [5.41, 5.74) is 0.754. The lowest BCUT2D eigenvalue weighted by Gasteiger charge is -2.17. The fourth-order valence-corrected chi connectivity index (χ4v) is 1.78. The van der Waals surface area contributed by atoms with Crippen LogP contribution in [-0.4, -0.2) is 41.9 Å². The van der Waals surface area contributed by atoms with Crippen LogP contribution in [0.4, 0.5) is 5.69 Å². The summed E-state index contributed by atoms with van der Waals surface area (Å²) < 4.78 is 0. The molecule has 2 rings (SSSR count). The van der Waals surface area contributed by atoms with Gasteiger partial charge in [-0.15, -0.1) is 0 Å². The highest BCUT2D eigenvalue weighted by atomic mass is 16.4. The largest absolute Gasteiger partial charge is 0.478 e. The maximum atomic E-state index is 12.1. The van der Waals surface area contributed by atoms with Gasteiger partial charge in [-0.1, -0.05) is 0 Å². The molecule has 1 aromatic rings. The first-order valence-corrected chi connectivity index (χ1v) is 5.52. The first-order chi connectivity index (χ1) is 8.91. The van der Waals surface area contributed by atoms with Gasteiger partial charge < -0.3 is 10.0 Å². The van der Waals surface area contributed by atoms with Crippen LogP contribution in [0, 0.1) is 0 Å². The van der Waals surface area contributed by atoms with Crippen molar-refractivity contribution in [1.29, 1.82) is 0 Å². The van der Waals surface area contributed by atoms with E-state index in [1.54, 1.807) is 19.0 Å². The summed E-state index contributed by atoms with van der Waals surface area (Å²) in [6.45, 7) is 0. The average Bonchev–Trinajstić information content (AvgIpc) is 2.65. The average molecular weight is 260 g/mol. The van der Waals surface area contributed by atoms with Gasteiger partial charge in [0.1, 0.15) is 5.70 Å². The van der Waals surface area contributed by atoms with E-state index in [1.165, 1.54) is 30.3 Å². The van der Waals surface area contributed by atoms with Crippen molar-refractivity contribution in [3.05, 3.63) is 41.6 Å². The van der Waals surface area contributed by atoms with Crippen molar-refractivity contribution in [2.24, 2.45) is 0 Å². The van der Waals surface area contributed by atoms with Gasteiger partial charge in [-0.05, 0) is 24.3 Å². The van der Waals surface area contributed by atoms with Gasteiger partial charge in [0, 0.05) is 20.2 Å². The number of carboxylic acid groups (broad SMARTS) is 1. The van der Waals surface area contributed by atoms with Gasteiger partial charge in [0.25, 0.3) is 11.8 Å². The molecule has 98 valence electrons. The van der Waals surface area contributed by atoms with Gasteiger partial charge in [0.2, 0.25) is 0 Å². The van der Waals surface area contributed by atoms with Crippen LogP contribution < -0.4 is 4.90 Å². The second kappa shape index (κ2) is 4.56. The summed E-state index contributed by atoms with van der Waals surface area (Å²) in [5.74, 6) is -1.91. The van der Waals surface area contributed by atoms with E-state index < -0.39 is 17.8 Å². The molecule has 1 aromatic carbocycles. The zero-order valence-electron chi connectivity index (χ0n) is 10.5. The first-order valence-electron chi connectivity index (χ1n) is 5.52. The number of amides is 2. The zero-order valence-corrected chi connectivity index (χ0v) is 10.5. The lowest BCUT2D eigenvalue weighted by molar-refractivity contribution is -0.120. The molecule has 1 N–H and O–H groups in total. The summed E-state index contributed by atoms with van der Waals surface area (Å²) in [4.78, 5) is 37.2. The molecule has 0 atom stereocenters. The highest BCUT2D eigenvalue weighted by molar-refractivity contribution is 6.30. The van der Waals surface area contributed by atoms with Crippen LogP contribution in [0.3, 0.4) is 0 Å². The van der Waals surface area contributed by atoms with E-state index in [0.717, 1.165) is 4.90 Å². The number of carboxylic acids is 1. The van der Waals surface area contributed by atoms with Crippen molar-refractivity contribution >= 4 is 23.5 Å². The van der Waals surface area contributed by atoms with Crippen molar-refractivity contribution < 1.29 is 19.5 Å². The van der Waals surface area contributed by atoms with E-state index in [2.05, 4.69) is 0 Å². The lowest BCUT2D eigenvalue weighted by Crippen LogP contribution is -2.33. The number of anilines is 1. The van der Waals surface area contributed by atoms with Crippen LogP contribution in [0.1, 0.15) is 10.4 Å². The third-order valence-corrected chi connectivity index (χ3v) is 2.76. The Morgan fingerprint density at radius 1 is 1.16 bits per heavy atom. The predicted octanol–water partition coefficient (Wildman–Crippen LogP) is 0.704. The molecule has 6 nitrogen and oxygen atoms in total. The third-order valence-electron chi connectivity index (χ3n) is 2.76. The van der Waals surface area contributed by atoms with Gasteiger partial charge in [0.05, 0.1) is 11.3 Å². The number of rotatable bonds is 3. The quantitative estimate of drug-likeness (QED) is 0.809. The molecule has 0 fully saturated rings. The molecule has 1 aliphatic heterocycles. The van der Waals surface area contributed by atoms with Crippen LogP contribution in [0.5, 0.6) is 0 Å². The lowest BCUT2D eigenvalue weighted by atomic mass is 10.2. The molecule has 0 spiro atoms. The minimum Gasteiger partial charge on any atom is -0.478 e. The van der Waals surface area contributed by atoms with E-state index >= 15 is 0 Å². The number of aromatic carboxylic acids is 1. The summed E-state index contributed by atoms with van der Waals surface area (Å²) in [7, 11) is 3.35. The molecule has 1 heterocycles. The van der Waals surface area contributed by atoms with E-state index in [4.69, 9.17) is 5.11 Å². The summed E-state index contributed by atoms with van der Waals surface area (Å²) in [5, 5.41) is 8.80. The van der Waals surface area contributed by atoms with Crippen LogP contribution in [-0.2, 0) is 9.59 Å². The van der Waals surface area contributed by atoms with Crippen molar-refractivity contribution in [3.8, 4) is 0 Å². The minimum atomic E-state index is -1.06. The molecule has 0 saturated heterocycles. The smallest absolute Gasteiger partial charge is 0.335 e. The summed E-state index contributed by atoms with van der Waals surface area (Å²) >= 11 is 0. The van der Waals surface area contributed by atoms with E-state index in [0.29, 0.717) is 11.4 Å². The first kappa shape index (κ1) is 12.8. The Morgan fingerprint density at radius 3 is 2.16 bits per heavy atom. The van der Waals surface area contributed by atoms with Crippen molar-refractivity contribution in [3.63, 3.8) is 0 Å². The SMILES string of the molecule is CN(C)C1=CC(=O)N(c2ccc(C(=O)O)cc2)C1=O. The van der Waals surface area contributed by atoms with E-state index in [1.807, 2.05) is 0 Å². The van der Waals surface area contributed by atoms with E-state index in [9.17, 15) is 14.4 Å². The molecule has 0 bridgehead atoms. The number of benzene rings is 1. The van der Waals surface area contributed by atoms with E-state index in [-0.39, 0.29) is 5.56 Å². The second-order valence-electron chi connectivity index (χ2n) is 4.25. The molecule has 19 heavy (non-hydrogen) atoms. The fourth-order valence-electron chi connectivity index (χ4n) is 1.78. The Hall–Kier alpha value is -2.63.